The van der Waals surface area contributed by atoms with E-state index in [0.29, 0.717) is 26.6 Å². The number of aliphatic imine (C=N–C) groups is 1. The number of carbonyl (C=O) groups excluding carboxylic acids is 1. The molecule has 134 valence electrons. The molecular weight excluding hydrogens is 372 g/mol. The number of hydrogen-bond donors (Lipinski definition) is 1. The predicted octanol–water partition coefficient (Wildman–Crippen LogP) is 4.56. The Morgan fingerprint density at radius 2 is 2.00 bits per heavy atom. The summed E-state index contributed by atoms with van der Waals surface area (Å²) in [5.74, 6) is 1.11. The highest BCUT2D eigenvalue weighted by molar-refractivity contribution is 8.18. The van der Waals surface area contributed by atoms with Crippen LogP contribution in [0.15, 0.2) is 46.3 Å². The smallest absolute Gasteiger partial charge is 0.264 e. The number of nitrogens with zero attached hydrogens (tertiary/aromatic N) is 1. The lowest BCUT2D eigenvalue weighted by Gasteiger charge is -2.07. The van der Waals surface area contributed by atoms with E-state index < -0.39 is 0 Å². The van der Waals surface area contributed by atoms with Crippen molar-refractivity contribution in [1.82, 2.24) is 5.32 Å². The van der Waals surface area contributed by atoms with Gasteiger partial charge in [-0.25, -0.2) is 4.99 Å². The number of carbonyl (C=O) groups is 1. The lowest BCUT2D eigenvalue weighted by atomic mass is 10.1. The van der Waals surface area contributed by atoms with Crippen LogP contribution in [0.25, 0.3) is 6.08 Å². The molecule has 1 amide bonds. The van der Waals surface area contributed by atoms with Crippen molar-refractivity contribution in [2.45, 2.75) is 6.92 Å². The number of rotatable bonds is 4. The molecule has 0 spiro atoms. The van der Waals surface area contributed by atoms with E-state index in [1.807, 2.05) is 37.3 Å². The molecule has 0 atom stereocenters. The van der Waals surface area contributed by atoms with Crippen LogP contribution >= 0.6 is 23.4 Å². The number of hydrogen-bond acceptors (Lipinski definition) is 5. The van der Waals surface area contributed by atoms with Crippen LogP contribution in [0, 0.1) is 6.92 Å². The highest BCUT2D eigenvalue weighted by Crippen LogP contribution is 2.33. The number of nitrogens with one attached hydrogen (secondary N) is 1. The van der Waals surface area contributed by atoms with Gasteiger partial charge in [0, 0.05) is 16.7 Å². The molecule has 1 aliphatic rings. The second-order valence-corrected chi connectivity index (χ2v) is 6.91. The zero-order valence-corrected chi connectivity index (χ0v) is 16.1. The Balaban J connectivity index is 1.89. The fourth-order valence-electron chi connectivity index (χ4n) is 2.39. The maximum absolute atomic E-state index is 12.3. The predicted molar refractivity (Wildman–Crippen MR) is 107 cm³/mol. The molecule has 2 aromatic carbocycles. The quantitative estimate of drug-likeness (QED) is 0.780. The summed E-state index contributed by atoms with van der Waals surface area (Å²) in [5.41, 5.74) is 2.38. The molecule has 0 unspecified atom stereocenters. The Morgan fingerprint density at radius 3 is 2.73 bits per heavy atom. The number of benzene rings is 2. The molecule has 0 aromatic heterocycles. The summed E-state index contributed by atoms with van der Waals surface area (Å²) < 4.78 is 10.6. The third kappa shape index (κ3) is 3.86. The molecule has 1 N–H and O–H groups in total. The number of amidine groups is 1. The van der Waals surface area contributed by atoms with Crippen molar-refractivity contribution in [3.05, 3.63) is 57.5 Å². The van der Waals surface area contributed by atoms with E-state index in [0.717, 1.165) is 16.8 Å². The minimum atomic E-state index is -0.202. The van der Waals surface area contributed by atoms with E-state index in [4.69, 9.17) is 21.1 Å². The van der Waals surface area contributed by atoms with Crippen molar-refractivity contribution in [2.75, 3.05) is 14.2 Å². The van der Waals surface area contributed by atoms with Gasteiger partial charge in [0.2, 0.25) is 0 Å². The van der Waals surface area contributed by atoms with Gasteiger partial charge in [0.15, 0.2) is 5.17 Å². The average molecular weight is 389 g/mol. The van der Waals surface area contributed by atoms with Gasteiger partial charge in [0.1, 0.15) is 11.5 Å². The van der Waals surface area contributed by atoms with Crippen molar-refractivity contribution in [1.29, 1.82) is 0 Å². The van der Waals surface area contributed by atoms with Gasteiger partial charge >= 0.3 is 0 Å². The van der Waals surface area contributed by atoms with E-state index in [9.17, 15) is 4.79 Å². The Morgan fingerprint density at radius 1 is 1.19 bits per heavy atom. The van der Waals surface area contributed by atoms with Crippen LogP contribution in [0.2, 0.25) is 5.02 Å². The molecule has 2 aromatic rings. The molecule has 26 heavy (non-hydrogen) atoms. The van der Waals surface area contributed by atoms with Crippen LogP contribution in [0.4, 0.5) is 5.69 Å². The summed E-state index contributed by atoms with van der Waals surface area (Å²) in [6.45, 7) is 1.89. The number of halogens is 1. The summed E-state index contributed by atoms with van der Waals surface area (Å²) in [6, 6.07) is 10.9. The number of thioether (sulfide) groups is 1. The molecule has 1 aliphatic heterocycles. The summed E-state index contributed by atoms with van der Waals surface area (Å²) in [5, 5.41) is 3.93. The van der Waals surface area contributed by atoms with Gasteiger partial charge in [-0.1, -0.05) is 17.7 Å². The molecular formula is C19H17ClN2O3S. The summed E-state index contributed by atoms with van der Waals surface area (Å²) >= 11 is 7.40. The number of ether oxygens (including phenoxy) is 2. The van der Waals surface area contributed by atoms with Crippen molar-refractivity contribution in [3.8, 4) is 11.5 Å². The molecule has 0 bridgehead atoms. The van der Waals surface area contributed by atoms with Crippen LogP contribution in [0.5, 0.6) is 11.5 Å². The van der Waals surface area contributed by atoms with Gasteiger partial charge in [-0.05, 0) is 54.6 Å². The third-order valence-corrected chi connectivity index (χ3v) is 5.16. The normalized spacial score (nSPS) is 16.8. The molecule has 7 heteroatoms. The molecule has 0 saturated carbocycles. The van der Waals surface area contributed by atoms with E-state index >= 15 is 0 Å². The minimum absolute atomic E-state index is 0.202. The van der Waals surface area contributed by atoms with Gasteiger partial charge in [-0.15, -0.1) is 0 Å². The van der Waals surface area contributed by atoms with Crippen molar-refractivity contribution in [3.63, 3.8) is 0 Å². The minimum Gasteiger partial charge on any atom is -0.497 e. The largest absolute Gasteiger partial charge is 0.497 e. The second-order valence-electron chi connectivity index (χ2n) is 5.47. The monoisotopic (exact) mass is 388 g/mol. The van der Waals surface area contributed by atoms with Crippen LogP contribution in [0.3, 0.4) is 0 Å². The summed E-state index contributed by atoms with van der Waals surface area (Å²) in [6.07, 6.45) is 1.77. The summed E-state index contributed by atoms with van der Waals surface area (Å²) in [4.78, 5) is 17.3. The zero-order chi connectivity index (χ0) is 18.7. The molecule has 5 nitrogen and oxygen atoms in total. The van der Waals surface area contributed by atoms with Crippen LogP contribution < -0.4 is 14.8 Å². The van der Waals surface area contributed by atoms with E-state index in [2.05, 4.69) is 10.3 Å². The van der Waals surface area contributed by atoms with Crippen LogP contribution in [-0.4, -0.2) is 25.3 Å². The topological polar surface area (TPSA) is 59.9 Å². The fourth-order valence-corrected chi connectivity index (χ4v) is 3.38. The second kappa shape index (κ2) is 7.85. The SMILES string of the molecule is COc1ccc(/C=C2/SC(=Nc3cccc(Cl)c3C)NC2=O)c(OC)c1. The van der Waals surface area contributed by atoms with Crippen LogP contribution in [-0.2, 0) is 4.79 Å². The lowest BCUT2D eigenvalue weighted by Crippen LogP contribution is -2.19. The molecule has 1 heterocycles. The highest BCUT2D eigenvalue weighted by Gasteiger charge is 2.24. The first-order valence-corrected chi connectivity index (χ1v) is 8.98. The Kier molecular flexibility index (Phi) is 5.54. The molecule has 1 saturated heterocycles. The highest BCUT2D eigenvalue weighted by atomic mass is 35.5. The standard InChI is InChI=1S/C19H17ClN2O3S/c1-11-14(20)5-4-6-15(11)21-19-22-18(23)17(26-19)9-12-7-8-13(24-2)10-16(12)25-3/h4-10H,1-3H3,(H,21,22,23)/b17-9+. The lowest BCUT2D eigenvalue weighted by molar-refractivity contribution is -0.115. The first kappa shape index (κ1) is 18.4. The maximum atomic E-state index is 12.3. The molecule has 3 rings (SSSR count). The molecule has 0 radical (unpaired) electrons. The summed E-state index contributed by atoms with van der Waals surface area (Å²) in [7, 11) is 3.17. The van der Waals surface area contributed by atoms with Gasteiger partial charge in [-0.3, -0.25) is 4.79 Å². The molecule has 1 fully saturated rings. The van der Waals surface area contributed by atoms with Crippen molar-refractivity contribution >= 4 is 46.2 Å². The van der Waals surface area contributed by atoms with E-state index in [-0.39, 0.29) is 5.91 Å². The Labute approximate surface area is 161 Å². The van der Waals surface area contributed by atoms with Gasteiger partial charge in [0.25, 0.3) is 5.91 Å². The molecule has 0 aliphatic carbocycles. The van der Waals surface area contributed by atoms with Gasteiger partial charge in [-0.2, -0.15) is 0 Å². The van der Waals surface area contributed by atoms with Crippen LogP contribution in [0.1, 0.15) is 11.1 Å². The number of methoxy groups -OCH3 is 2. The van der Waals surface area contributed by atoms with Gasteiger partial charge < -0.3 is 14.8 Å². The zero-order valence-electron chi connectivity index (χ0n) is 14.5. The average Bonchev–Trinajstić information content (AvgIpc) is 2.98. The fraction of sp³-hybridized carbons (Fsp3) is 0.158. The number of amides is 1. The third-order valence-electron chi connectivity index (χ3n) is 3.84. The first-order chi connectivity index (χ1) is 12.5. The Bertz CT molecular complexity index is 925. The first-order valence-electron chi connectivity index (χ1n) is 7.78. The van der Waals surface area contributed by atoms with E-state index in [1.165, 1.54) is 11.8 Å². The maximum Gasteiger partial charge on any atom is 0.264 e. The van der Waals surface area contributed by atoms with Gasteiger partial charge in [0.05, 0.1) is 24.8 Å². The Hall–Kier alpha value is -2.44. The van der Waals surface area contributed by atoms with Crippen molar-refractivity contribution in [2.24, 2.45) is 4.99 Å². The van der Waals surface area contributed by atoms with Crippen molar-refractivity contribution < 1.29 is 14.3 Å². The van der Waals surface area contributed by atoms with E-state index in [1.54, 1.807) is 26.4 Å².